The van der Waals surface area contributed by atoms with Crippen molar-refractivity contribution in [2.45, 2.75) is 57.5 Å². The summed E-state index contributed by atoms with van der Waals surface area (Å²) in [6.07, 6.45) is 9.23. The lowest BCUT2D eigenvalue weighted by atomic mass is 9.78. The Morgan fingerprint density at radius 2 is 2.04 bits per heavy atom. The molecule has 1 spiro atoms. The molecule has 1 atom stereocenters. The Kier molecular flexibility index (Phi) is 7.97. The number of carbonyl (C=O) groups is 1. The van der Waals surface area contributed by atoms with Crippen LogP contribution in [0, 0.1) is 0 Å². The number of fused-ring (bicyclic) bond motifs is 2. The number of halogens is 2. The molecule has 1 aromatic heterocycles. The van der Waals surface area contributed by atoms with Gasteiger partial charge in [-0.05, 0) is 46.1 Å². The second-order valence-corrected chi connectivity index (χ2v) is 8.21. The summed E-state index contributed by atoms with van der Waals surface area (Å²) >= 11 is 0. The molecule has 0 bridgehead atoms. The lowest BCUT2D eigenvalue weighted by molar-refractivity contribution is -0.136. The molecule has 0 radical (unpaired) electrons. The normalized spacial score (nSPS) is 23.5. The zero-order valence-electron chi connectivity index (χ0n) is 16.9. The molecule has 28 heavy (non-hydrogen) atoms. The van der Waals surface area contributed by atoms with Crippen molar-refractivity contribution in [2.24, 2.45) is 0 Å². The molecule has 1 aromatic rings. The van der Waals surface area contributed by atoms with E-state index in [4.69, 9.17) is 4.98 Å². The standard InChI is InChI=1S/C20H31N5O.2ClH/c1-15(2)5-10-25-11-6-16-18(23-14-22-16)20(25)7-12-24(13-8-20)19(26)17-4-3-9-21-17;;/h5,14,17,21H,3-4,6-13H2,1-2H3,(H,22,23);2*1H/t17-;;/m0../s1. The number of nitrogens with zero attached hydrogens (tertiary/aromatic N) is 3. The summed E-state index contributed by atoms with van der Waals surface area (Å²) in [6.45, 7) is 8.97. The lowest BCUT2D eigenvalue weighted by Gasteiger charge is -2.50. The van der Waals surface area contributed by atoms with Crippen LogP contribution >= 0.6 is 24.8 Å². The summed E-state index contributed by atoms with van der Waals surface area (Å²) in [5.41, 5.74) is 3.83. The fourth-order valence-corrected chi connectivity index (χ4v) is 4.85. The predicted octanol–water partition coefficient (Wildman–Crippen LogP) is 2.65. The smallest absolute Gasteiger partial charge is 0.239 e. The number of amides is 1. The molecule has 0 unspecified atom stereocenters. The van der Waals surface area contributed by atoms with Crippen LogP contribution in [0.1, 0.15) is 50.9 Å². The van der Waals surface area contributed by atoms with Crippen LogP contribution in [0.4, 0.5) is 0 Å². The minimum absolute atomic E-state index is 0. The molecule has 2 N–H and O–H groups in total. The summed E-state index contributed by atoms with van der Waals surface area (Å²) in [6, 6.07) is 0.0399. The number of hydrogen-bond acceptors (Lipinski definition) is 4. The molecule has 4 heterocycles. The van der Waals surface area contributed by atoms with Crippen molar-refractivity contribution in [2.75, 3.05) is 32.7 Å². The molecule has 1 amide bonds. The number of H-pyrrole nitrogens is 1. The molecule has 2 fully saturated rings. The number of allylic oxidation sites excluding steroid dienone is 1. The van der Waals surface area contributed by atoms with E-state index in [0.717, 1.165) is 64.8 Å². The van der Waals surface area contributed by atoms with E-state index in [9.17, 15) is 4.79 Å². The van der Waals surface area contributed by atoms with Crippen LogP contribution in [0.2, 0.25) is 0 Å². The van der Waals surface area contributed by atoms with E-state index in [1.165, 1.54) is 17.0 Å². The SMILES string of the molecule is CC(C)=CCN1CCc2[nH]cnc2C12CCN(C(=O)[C@@H]1CCCN1)CC2.Cl.Cl. The molecule has 6 nitrogen and oxygen atoms in total. The third-order valence-corrected chi connectivity index (χ3v) is 6.38. The molecule has 4 rings (SSSR count). The van der Waals surface area contributed by atoms with Crippen molar-refractivity contribution < 1.29 is 4.79 Å². The third-order valence-electron chi connectivity index (χ3n) is 6.38. The van der Waals surface area contributed by atoms with Gasteiger partial charge in [0.2, 0.25) is 5.91 Å². The van der Waals surface area contributed by atoms with Gasteiger partial charge in [0.25, 0.3) is 0 Å². The van der Waals surface area contributed by atoms with Crippen molar-refractivity contribution in [1.29, 1.82) is 0 Å². The minimum Gasteiger partial charge on any atom is -0.348 e. The number of piperidine rings is 1. The summed E-state index contributed by atoms with van der Waals surface area (Å²) in [4.78, 5) is 25.5. The van der Waals surface area contributed by atoms with Crippen molar-refractivity contribution >= 4 is 30.7 Å². The highest BCUT2D eigenvalue weighted by atomic mass is 35.5. The van der Waals surface area contributed by atoms with Crippen molar-refractivity contribution in [3.63, 3.8) is 0 Å². The Morgan fingerprint density at radius 3 is 2.68 bits per heavy atom. The van der Waals surface area contributed by atoms with E-state index in [-0.39, 0.29) is 36.4 Å². The first-order chi connectivity index (χ1) is 12.6. The average molecular weight is 430 g/mol. The Hall–Kier alpha value is -1.08. The lowest BCUT2D eigenvalue weighted by Crippen LogP contribution is -2.58. The molecule has 158 valence electrons. The molecule has 8 heteroatoms. The Labute approximate surface area is 180 Å². The number of carbonyl (C=O) groups excluding carboxylic acids is 1. The topological polar surface area (TPSA) is 64.3 Å². The van der Waals surface area contributed by atoms with Gasteiger partial charge in [-0.1, -0.05) is 11.6 Å². The van der Waals surface area contributed by atoms with Gasteiger partial charge < -0.3 is 15.2 Å². The first kappa shape index (κ1) is 23.2. The van der Waals surface area contributed by atoms with Crippen LogP contribution in [0.5, 0.6) is 0 Å². The first-order valence-electron chi connectivity index (χ1n) is 10.0. The van der Waals surface area contributed by atoms with E-state index in [1.807, 2.05) is 6.33 Å². The fourth-order valence-electron chi connectivity index (χ4n) is 4.85. The molecule has 3 aliphatic rings. The maximum atomic E-state index is 12.8. The van der Waals surface area contributed by atoms with Crippen molar-refractivity contribution in [3.8, 4) is 0 Å². The summed E-state index contributed by atoms with van der Waals surface area (Å²) < 4.78 is 0. The quantitative estimate of drug-likeness (QED) is 0.724. The van der Waals surface area contributed by atoms with Crippen LogP contribution in [0.15, 0.2) is 18.0 Å². The Bertz CT molecular complexity index is 687. The number of likely N-dealkylation sites (tertiary alicyclic amines) is 1. The molecule has 0 saturated carbocycles. The summed E-state index contributed by atoms with van der Waals surface area (Å²) in [7, 11) is 0. The molecule has 0 aromatic carbocycles. The number of hydrogen-bond donors (Lipinski definition) is 2. The second kappa shape index (κ2) is 9.61. The second-order valence-electron chi connectivity index (χ2n) is 8.21. The molecular weight excluding hydrogens is 397 g/mol. The fraction of sp³-hybridized carbons (Fsp3) is 0.700. The zero-order valence-corrected chi connectivity index (χ0v) is 18.5. The van der Waals surface area contributed by atoms with Crippen LogP contribution in [0.25, 0.3) is 0 Å². The number of rotatable bonds is 3. The van der Waals surface area contributed by atoms with E-state index in [0.29, 0.717) is 5.91 Å². The van der Waals surface area contributed by atoms with Gasteiger partial charge in [0.05, 0.1) is 23.6 Å². The predicted molar refractivity (Wildman–Crippen MR) is 116 cm³/mol. The van der Waals surface area contributed by atoms with Gasteiger partial charge in [0.1, 0.15) is 0 Å². The highest BCUT2D eigenvalue weighted by Crippen LogP contribution is 2.42. The van der Waals surface area contributed by atoms with E-state index in [1.54, 1.807) is 0 Å². The van der Waals surface area contributed by atoms with E-state index in [2.05, 4.69) is 40.0 Å². The largest absolute Gasteiger partial charge is 0.348 e. The maximum absolute atomic E-state index is 12.8. The molecule has 2 saturated heterocycles. The van der Waals surface area contributed by atoms with Gasteiger partial charge in [0.15, 0.2) is 0 Å². The molecular formula is C20H33Cl2N5O. The third kappa shape index (κ3) is 4.25. The van der Waals surface area contributed by atoms with Crippen LogP contribution in [-0.2, 0) is 16.8 Å². The van der Waals surface area contributed by atoms with Crippen molar-refractivity contribution in [3.05, 3.63) is 29.4 Å². The van der Waals surface area contributed by atoms with Crippen LogP contribution < -0.4 is 5.32 Å². The number of imidazole rings is 1. The minimum atomic E-state index is -0.0284. The molecule has 3 aliphatic heterocycles. The van der Waals surface area contributed by atoms with Gasteiger partial charge in [-0.2, -0.15) is 0 Å². The van der Waals surface area contributed by atoms with Gasteiger partial charge in [-0.3, -0.25) is 9.69 Å². The molecule has 0 aliphatic carbocycles. The average Bonchev–Trinajstić information content (AvgIpc) is 3.33. The van der Waals surface area contributed by atoms with Crippen LogP contribution in [-0.4, -0.2) is 64.4 Å². The number of aromatic nitrogens is 2. The maximum Gasteiger partial charge on any atom is 0.239 e. The Morgan fingerprint density at radius 1 is 1.29 bits per heavy atom. The first-order valence-corrected chi connectivity index (χ1v) is 10.0. The van der Waals surface area contributed by atoms with E-state index < -0.39 is 0 Å². The highest BCUT2D eigenvalue weighted by Gasteiger charge is 2.47. The van der Waals surface area contributed by atoms with Gasteiger partial charge in [0, 0.05) is 38.3 Å². The van der Waals surface area contributed by atoms with Gasteiger partial charge >= 0.3 is 0 Å². The zero-order chi connectivity index (χ0) is 18.1. The van der Waals surface area contributed by atoms with Crippen molar-refractivity contribution in [1.82, 2.24) is 25.1 Å². The number of nitrogens with one attached hydrogen (secondary N) is 2. The Balaban J connectivity index is 0.00000140. The van der Waals surface area contributed by atoms with Crippen LogP contribution in [0.3, 0.4) is 0 Å². The van der Waals surface area contributed by atoms with Gasteiger partial charge in [-0.25, -0.2) is 4.98 Å². The summed E-state index contributed by atoms with van der Waals surface area (Å²) in [5.74, 6) is 0.297. The number of aromatic amines is 1. The van der Waals surface area contributed by atoms with Gasteiger partial charge in [-0.15, -0.1) is 24.8 Å². The highest BCUT2D eigenvalue weighted by molar-refractivity contribution is 5.85. The summed E-state index contributed by atoms with van der Waals surface area (Å²) in [5, 5.41) is 3.35. The monoisotopic (exact) mass is 429 g/mol. The van der Waals surface area contributed by atoms with E-state index >= 15 is 0 Å².